The summed E-state index contributed by atoms with van der Waals surface area (Å²) in [4.78, 5) is 12.4. The Balaban J connectivity index is 2.25. The molecule has 2 aromatic rings. The first-order chi connectivity index (χ1) is 11.2. The highest BCUT2D eigenvalue weighted by molar-refractivity contribution is 5.95. The minimum absolute atomic E-state index is 0.248. The van der Waals surface area contributed by atoms with E-state index in [0.29, 0.717) is 24.4 Å². The first kappa shape index (κ1) is 16.8. The highest BCUT2D eigenvalue weighted by atomic mass is 16.5. The molecule has 120 valence electrons. The van der Waals surface area contributed by atoms with Gasteiger partial charge in [-0.25, -0.2) is 0 Å². The third-order valence-corrected chi connectivity index (χ3v) is 3.66. The standard InChI is InChI=1S/C18H21N3O2/c1-3-14-5-7-16(8-6-14)21-11-9-15(13-19)17(21)18(22)20-10-4-12-23-2/h5-9,11H,3-4,10,12H2,1-2H3,(H,20,22). The molecule has 0 unspecified atom stereocenters. The lowest BCUT2D eigenvalue weighted by molar-refractivity contribution is 0.0941. The molecule has 5 nitrogen and oxygen atoms in total. The van der Waals surface area contributed by atoms with Crippen LogP contribution in [0.1, 0.15) is 35.0 Å². The van der Waals surface area contributed by atoms with E-state index >= 15 is 0 Å². The Bertz CT molecular complexity index is 696. The molecule has 5 heteroatoms. The molecule has 0 spiro atoms. The van der Waals surface area contributed by atoms with Crippen LogP contribution in [0.5, 0.6) is 0 Å². The Kier molecular flexibility index (Phi) is 5.95. The maximum Gasteiger partial charge on any atom is 0.269 e. The smallest absolute Gasteiger partial charge is 0.269 e. The van der Waals surface area contributed by atoms with Gasteiger partial charge in [-0.15, -0.1) is 0 Å². The van der Waals surface area contributed by atoms with Crippen molar-refractivity contribution in [3.05, 3.63) is 53.3 Å². The number of nitriles is 1. The summed E-state index contributed by atoms with van der Waals surface area (Å²) in [5, 5.41) is 12.1. The van der Waals surface area contributed by atoms with E-state index in [2.05, 4.69) is 18.3 Å². The van der Waals surface area contributed by atoms with Crippen LogP contribution in [0.2, 0.25) is 0 Å². The van der Waals surface area contributed by atoms with Crippen LogP contribution < -0.4 is 5.32 Å². The number of aryl methyl sites for hydroxylation is 1. The number of hydrogen-bond donors (Lipinski definition) is 1. The van der Waals surface area contributed by atoms with Gasteiger partial charge in [0.25, 0.3) is 5.91 Å². The molecule has 0 fully saturated rings. The van der Waals surface area contributed by atoms with Gasteiger partial charge in [0.15, 0.2) is 0 Å². The number of nitrogens with one attached hydrogen (secondary N) is 1. The minimum atomic E-state index is -0.248. The number of amides is 1. The summed E-state index contributed by atoms with van der Waals surface area (Å²) in [7, 11) is 1.63. The summed E-state index contributed by atoms with van der Waals surface area (Å²) in [5.74, 6) is -0.248. The molecule has 0 radical (unpaired) electrons. The zero-order valence-electron chi connectivity index (χ0n) is 13.5. The molecule has 0 saturated carbocycles. The topological polar surface area (TPSA) is 67.0 Å². The summed E-state index contributed by atoms with van der Waals surface area (Å²) in [5.41, 5.74) is 2.83. The maximum atomic E-state index is 12.4. The summed E-state index contributed by atoms with van der Waals surface area (Å²) in [6.45, 7) is 3.19. The number of methoxy groups -OCH3 is 1. The fourth-order valence-corrected chi connectivity index (χ4v) is 2.36. The van der Waals surface area contributed by atoms with E-state index in [1.165, 1.54) is 5.56 Å². The molecule has 0 bridgehead atoms. The number of aromatic nitrogens is 1. The van der Waals surface area contributed by atoms with E-state index in [4.69, 9.17) is 4.74 Å². The number of ether oxygens (including phenoxy) is 1. The van der Waals surface area contributed by atoms with E-state index in [9.17, 15) is 10.1 Å². The van der Waals surface area contributed by atoms with Gasteiger partial charge in [0, 0.05) is 32.1 Å². The zero-order chi connectivity index (χ0) is 16.7. The van der Waals surface area contributed by atoms with Crippen molar-refractivity contribution in [1.82, 2.24) is 9.88 Å². The van der Waals surface area contributed by atoms with Gasteiger partial charge < -0.3 is 14.6 Å². The summed E-state index contributed by atoms with van der Waals surface area (Å²) in [6.07, 6.45) is 3.45. The number of carbonyl (C=O) groups excluding carboxylic acids is 1. The minimum Gasteiger partial charge on any atom is -0.385 e. The fraction of sp³-hybridized carbons (Fsp3) is 0.333. The summed E-state index contributed by atoms with van der Waals surface area (Å²) in [6, 6.07) is 11.7. The lowest BCUT2D eigenvalue weighted by Gasteiger charge is -2.11. The first-order valence-electron chi connectivity index (χ1n) is 7.69. The number of rotatable bonds is 7. The Morgan fingerprint density at radius 1 is 1.30 bits per heavy atom. The SMILES string of the molecule is CCc1ccc(-n2ccc(C#N)c2C(=O)NCCCOC)cc1. The second-order valence-electron chi connectivity index (χ2n) is 5.18. The second-order valence-corrected chi connectivity index (χ2v) is 5.18. The quantitative estimate of drug-likeness (QED) is 0.799. The predicted octanol–water partition coefficient (Wildman–Crippen LogP) is 2.68. The molecule has 0 atom stereocenters. The monoisotopic (exact) mass is 311 g/mol. The van der Waals surface area contributed by atoms with Gasteiger partial charge in [-0.05, 0) is 36.6 Å². The molecular formula is C18H21N3O2. The number of carbonyl (C=O) groups is 1. The van der Waals surface area contributed by atoms with Crippen molar-refractivity contribution in [2.75, 3.05) is 20.3 Å². The lowest BCUT2D eigenvalue weighted by atomic mass is 10.1. The highest BCUT2D eigenvalue weighted by Gasteiger charge is 2.17. The third kappa shape index (κ3) is 3.99. The van der Waals surface area contributed by atoms with Crippen molar-refractivity contribution in [3.8, 4) is 11.8 Å². The fourth-order valence-electron chi connectivity index (χ4n) is 2.36. The van der Waals surface area contributed by atoms with Gasteiger partial charge in [-0.2, -0.15) is 5.26 Å². The maximum absolute atomic E-state index is 12.4. The van der Waals surface area contributed by atoms with Gasteiger partial charge in [-0.1, -0.05) is 19.1 Å². The van der Waals surface area contributed by atoms with E-state index in [0.717, 1.165) is 18.5 Å². The average Bonchev–Trinajstić information content (AvgIpc) is 3.02. The zero-order valence-corrected chi connectivity index (χ0v) is 13.5. The molecule has 1 aromatic carbocycles. The van der Waals surface area contributed by atoms with Crippen LogP contribution in [0.4, 0.5) is 0 Å². The van der Waals surface area contributed by atoms with Crippen molar-refractivity contribution in [1.29, 1.82) is 5.26 Å². The van der Waals surface area contributed by atoms with Crippen molar-refractivity contribution >= 4 is 5.91 Å². The van der Waals surface area contributed by atoms with Crippen LogP contribution in [0.15, 0.2) is 36.5 Å². The Morgan fingerprint density at radius 2 is 2.04 bits per heavy atom. The van der Waals surface area contributed by atoms with Gasteiger partial charge in [0.2, 0.25) is 0 Å². The van der Waals surface area contributed by atoms with Crippen LogP contribution in [0.3, 0.4) is 0 Å². The van der Waals surface area contributed by atoms with Crippen LogP contribution >= 0.6 is 0 Å². The van der Waals surface area contributed by atoms with E-state index in [1.54, 1.807) is 23.9 Å². The first-order valence-corrected chi connectivity index (χ1v) is 7.69. The predicted molar refractivity (Wildman–Crippen MR) is 88.7 cm³/mol. The van der Waals surface area contributed by atoms with Crippen LogP contribution in [0, 0.1) is 11.3 Å². The molecule has 1 heterocycles. The summed E-state index contributed by atoms with van der Waals surface area (Å²) < 4.78 is 6.72. The molecule has 0 aliphatic heterocycles. The lowest BCUT2D eigenvalue weighted by Crippen LogP contribution is -2.27. The highest BCUT2D eigenvalue weighted by Crippen LogP contribution is 2.18. The number of nitrogens with zero attached hydrogens (tertiary/aromatic N) is 2. The van der Waals surface area contributed by atoms with Crippen molar-refractivity contribution in [2.45, 2.75) is 19.8 Å². The second kappa shape index (κ2) is 8.16. The molecule has 1 aromatic heterocycles. The molecule has 0 aliphatic rings. The van der Waals surface area contributed by atoms with E-state index < -0.39 is 0 Å². The molecular weight excluding hydrogens is 290 g/mol. The van der Waals surface area contributed by atoms with Gasteiger partial charge >= 0.3 is 0 Å². The normalized spacial score (nSPS) is 10.3. The molecule has 1 amide bonds. The van der Waals surface area contributed by atoms with Crippen molar-refractivity contribution < 1.29 is 9.53 Å². The molecule has 0 aliphatic carbocycles. The van der Waals surface area contributed by atoms with E-state index in [-0.39, 0.29) is 5.91 Å². The average molecular weight is 311 g/mol. The molecule has 2 rings (SSSR count). The van der Waals surface area contributed by atoms with Crippen LogP contribution in [-0.2, 0) is 11.2 Å². The van der Waals surface area contributed by atoms with Gasteiger partial charge in [0.05, 0.1) is 5.56 Å². The van der Waals surface area contributed by atoms with Gasteiger partial charge in [0.1, 0.15) is 11.8 Å². The Hall–Kier alpha value is -2.58. The Labute approximate surface area is 136 Å². The van der Waals surface area contributed by atoms with Crippen LogP contribution in [-0.4, -0.2) is 30.7 Å². The van der Waals surface area contributed by atoms with Crippen LogP contribution in [0.25, 0.3) is 5.69 Å². The third-order valence-electron chi connectivity index (χ3n) is 3.66. The molecule has 1 N–H and O–H groups in total. The van der Waals surface area contributed by atoms with Crippen molar-refractivity contribution in [2.24, 2.45) is 0 Å². The largest absolute Gasteiger partial charge is 0.385 e. The van der Waals surface area contributed by atoms with Crippen molar-refractivity contribution in [3.63, 3.8) is 0 Å². The molecule has 0 saturated heterocycles. The number of hydrogen-bond acceptors (Lipinski definition) is 3. The number of benzene rings is 1. The van der Waals surface area contributed by atoms with E-state index in [1.807, 2.05) is 24.3 Å². The Morgan fingerprint density at radius 3 is 2.65 bits per heavy atom. The van der Waals surface area contributed by atoms with Gasteiger partial charge in [-0.3, -0.25) is 4.79 Å². The molecule has 23 heavy (non-hydrogen) atoms. The summed E-state index contributed by atoms with van der Waals surface area (Å²) >= 11 is 0.